The van der Waals surface area contributed by atoms with Gasteiger partial charge in [0.05, 0.1) is 33.8 Å². The molecule has 0 fully saturated rings. The maximum atomic E-state index is 10.0. The largest absolute Gasteiger partial charge is 0.512 e. The number of rotatable bonds is 10. The molecule has 622 valence electrons. The van der Waals surface area contributed by atoms with Crippen molar-refractivity contribution in [1.82, 2.24) is 24.9 Å². The predicted octanol–water partition coefficient (Wildman–Crippen LogP) is 26.0. The molecule has 15 heteroatoms. The SMILES string of the molecule is CC(=O)C=C(C)O.CC(=O)C=C(C)O.CC(=O)C=C(C)O.Cc1[c-]c(-c2cc(-c3ccc(C)cc3)c3ccccc3n2)cc(C)c1.Cc1[c-]c(-c2cc(C)c3c(C)cccc3n2)cc(C)c1.Cc1[c-]c(-c2cc(C)c3ccccc3n2)cc(C)c1.Cc1ccnc(-c2[c-]ccc(-c3ccccc3)c2)c1.[Ir].[Ir].[Ir].[Ir].[c-]1ccccc1-c1ccccn1. The van der Waals surface area contributed by atoms with E-state index in [1.54, 1.807) is 6.20 Å². The summed E-state index contributed by atoms with van der Waals surface area (Å²) in [7, 11) is 0. The van der Waals surface area contributed by atoms with E-state index in [1.165, 1.54) is 143 Å². The summed E-state index contributed by atoms with van der Waals surface area (Å²) in [5.74, 6) is -0.187. The number of benzene rings is 10. The number of hydrogen-bond donors (Lipinski definition) is 3. The molecule has 0 aliphatic rings. The van der Waals surface area contributed by atoms with E-state index >= 15 is 0 Å². The molecule has 0 amide bonds. The number of hydrogen-bond acceptors (Lipinski definition) is 11. The van der Waals surface area contributed by atoms with Crippen molar-refractivity contribution in [2.75, 3.05) is 0 Å². The molecule has 11 nitrogen and oxygen atoms in total. The van der Waals surface area contributed by atoms with E-state index in [0.717, 1.165) is 89.5 Å². The number of fused-ring (bicyclic) bond motifs is 3. The van der Waals surface area contributed by atoms with E-state index in [0.29, 0.717) is 0 Å². The molecule has 0 unspecified atom stereocenters. The third-order valence-corrected chi connectivity index (χ3v) is 17.5. The number of nitrogens with zero attached hydrogens (tertiary/aromatic N) is 5. The Morgan fingerprint density at radius 3 is 1.23 bits per heavy atom. The molecule has 120 heavy (non-hydrogen) atoms. The number of aryl methyl sites for hydroxylation is 11. The molecule has 0 saturated carbocycles. The van der Waals surface area contributed by atoms with Gasteiger partial charge in [-0.05, 0) is 168 Å². The van der Waals surface area contributed by atoms with E-state index in [9.17, 15) is 14.4 Å². The molecule has 3 N–H and O–H groups in total. The van der Waals surface area contributed by atoms with Gasteiger partial charge in [0, 0.05) is 127 Å². The number of aliphatic hydroxyl groups excluding tert-OH is 3. The van der Waals surface area contributed by atoms with Gasteiger partial charge in [-0.1, -0.05) is 192 Å². The second-order valence-corrected chi connectivity index (χ2v) is 28.6. The van der Waals surface area contributed by atoms with Crippen LogP contribution >= 0.6 is 0 Å². The normalized spacial score (nSPS) is 10.5. The summed E-state index contributed by atoms with van der Waals surface area (Å²) in [5, 5.41) is 28.8. The first kappa shape index (κ1) is 101. The minimum Gasteiger partial charge on any atom is -0.512 e. The molecule has 0 saturated heterocycles. The van der Waals surface area contributed by atoms with Crippen molar-refractivity contribution in [3.05, 3.63) is 388 Å². The fourth-order valence-electron chi connectivity index (χ4n) is 12.8. The zero-order valence-corrected chi connectivity index (χ0v) is 80.3. The van der Waals surface area contributed by atoms with Crippen LogP contribution in [0.1, 0.15) is 103 Å². The number of carbonyl (C=O) groups excluding carboxylic acids is 3. The summed E-state index contributed by atoms with van der Waals surface area (Å²) >= 11 is 0. The molecule has 5 aromatic heterocycles. The summed E-state index contributed by atoms with van der Waals surface area (Å²) in [6.45, 7) is 31.7. The van der Waals surface area contributed by atoms with E-state index in [2.05, 4.69) is 292 Å². The second-order valence-electron chi connectivity index (χ2n) is 28.6. The average molecular weight is 2300 g/mol. The number of allylic oxidation sites excluding steroid dienone is 6. The van der Waals surface area contributed by atoms with Gasteiger partial charge in [0.1, 0.15) is 0 Å². The Labute approximate surface area is 762 Å². The van der Waals surface area contributed by atoms with Gasteiger partial charge in [0.15, 0.2) is 17.3 Å². The number of aliphatic hydroxyl groups is 3. The van der Waals surface area contributed by atoms with Crippen molar-refractivity contribution in [1.29, 1.82) is 0 Å². The second kappa shape index (κ2) is 50.8. The third-order valence-electron chi connectivity index (χ3n) is 17.5. The summed E-state index contributed by atoms with van der Waals surface area (Å²) < 4.78 is 0. The van der Waals surface area contributed by atoms with E-state index < -0.39 is 0 Å². The van der Waals surface area contributed by atoms with Crippen LogP contribution in [0.2, 0.25) is 0 Å². The zero-order chi connectivity index (χ0) is 84.0. The molecular weight excluding hydrogens is 2200 g/mol. The van der Waals surface area contributed by atoms with E-state index in [1.807, 2.05) is 79.0 Å². The van der Waals surface area contributed by atoms with Crippen LogP contribution in [0.5, 0.6) is 0 Å². The van der Waals surface area contributed by atoms with Gasteiger partial charge in [0.2, 0.25) is 0 Å². The topological polar surface area (TPSA) is 176 Å². The zero-order valence-electron chi connectivity index (χ0n) is 70.7. The number of carbonyl (C=O) groups is 3. The Kier molecular flexibility index (Phi) is 42.9. The van der Waals surface area contributed by atoms with Crippen molar-refractivity contribution in [3.8, 4) is 78.5 Å². The Hall–Kier alpha value is -11.0. The van der Waals surface area contributed by atoms with Crippen molar-refractivity contribution >= 4 is 50.1 Å². The predicted molar refractivity (Wildman–Crippen MR) is 479 cm³/mol. The van der Waals surface area contributed by atoms with Crippen LogP contribution < -0.4 is 0 Å². The maximum Gasteiger partial charge on any atom is 0.155 e. The van der Waals surface area contributed by atoms with Crippen LogP contribution in [-0.4, -0.2) is 57.6 Å². The van der Waals surface area contributed by atoms with Crippen molar-refractivity contribution in [2.24, 2.45) is 0 Å². The van der Waals surface area contributed by atoms with Gasteiger partial charge in [-0.15, -0.1) is 176 Å². The minimum atomic E-state index is -0.125. The number of aromatic nitrogens is 5. The van der Waals surface area contributed by atoms with Crippen LogP contribution in [0.4, 0.5) is 0 Å². The number of pyridine rings is 5. The smallest absolute Gasteiger partial charge is 0.155 e. The first-order chi connectivity index (χ1) is 55.4. The quantitative estimate of drug-likeness (QED) is 0.0675. The van der Waals surface area contributed by atoms with Crippen LogP contribution in [0.15, 0.2) is 297 Å². The summed E-state index contributed by atoms with van der Waals surface area (Å²) in [6, 6.07) is 102. The molecule has 0 aliphatic carbocycles. The van der Waals surface area contributed by atoms with Crippen molar-refractivity contribution < 1.29 is 110 Å². The maximum absolute atomic E-state index is 10.0. The first-order valence-corrected chi connectivity index (χ1v) is 38.2. The molecule has 0 atom stereocenters. The van der Waals surface area contributed by atoms with E-state index in [-0.39, 0.29) is 115 Å². The molecule has 10 aromatic carbocycles. The Bertz CT molecular complexity index is 5800. The van der Waals surface area contributed by atoms with Gasteiger partial charge in [-0.25, -0.2) is 0 Å². The first-order valence-electron chi connectivity index (χ1n) is 38.2. The van der Waals surface area contributed by atoms with Crippen LogP contribution in [-0.2, 0) is 94.8 Å². The summed E-state index contributed by atoms with van der Waals surface area (Å²) in [4.78, 5) is 53.2. The Balaban J connectivity index is 0.000000298. The fourth-order valence-corrected chi connectivity index (χ4v) is 12.8. The van der Waals surface area contributed by atoms with Crippen molar-refractivity contribution in [2.45, 2.75) is 118 Å². The van der Waals surface area contributed by atoms with Gasteiger partial charge in [-0.2, -0.15) is 0 Å². The minimum absolute atomic E-state index is 0. The molecule has 0 bridgehead atoms. The van der Waals surface area contributed by atoms with Gasteiger partial charge >= 0.3 is 0 Å². The van der Waals surface area contributed by atoms with Gasteiger partial charge in [0.25, 0.3) is 0 Å². The van der Waals surface area contributed by atoms with Gasteiger partial charge in [-0.3, -0.25) is 29.3 Å². The average Bonchev–Trinajstić information content (AvgIpc) is 0.810. The summed E-state index contributed by atoms with van der Waals surface area (Å²) in [5.41, 5.74) is 31.6. The fraction of sp³-hybridized carbons (Fsp3) is 0.162. The molecule has 0 aliphatic heterocycles. The van der Waals surface area contributed by atoms with E-state index in [4.69, 9.17) is 30.3 Å². The molecule has 4 radical (unpaired) electrons. The Morgan fingerprint density at radius 1 is 0.300 bits per heavy atom. The molecule has 15 rings (SSSR count). The standard InChI is InChI=1S/C24H20N.C19H18N.C18H16N.C18H14N.C11H8N.3C5H8O2.4Ir/c1-16-8-10-19(11-9-16)22-15-24(20-13-17(2)12-18(3)14-20)25-23-7-5-4-6-21(22)23;1-12-8-13(2)10-16(9-12)18-11-15(4)19-14(3)6-5-7-17(19)20-18;1-12-8-13(2)10-15(9-12)18-11-14(3)16-6-4-5-7-17(16)19-18;1-14-10-11-19-18(12-14)17-9-5-8-16(13-17)15-6-3-2-4-7-15;1-2-6-10(7-3-1)11-8-4-5-9-12-11;3*1-4(6)3-5(2)7;;;;/h4-13,15H,1-3H3;5-9,11H,1-4H3;4-9,11H,1-3H3;2-8,10-13H,1H3;1-6,8-9H;3*3,6H,1-2H3;;;;/q5*-1;;;;;;;. The molecule has 15 aromatic rings. The van der Waals surface area contributed by atoms with Crippen LogP contribution in [0.25, 0.3) is 111 Å². The Morgan fingerprint density at radius 2 is 0.750 bits per heavy atom. The third kappa shape index (κ3) is 32.9. The number of para-hydroxylation sites is 2. The van der Waals surface area contributed by atoms with Crippen molar-refractivity contribution in [3.63, 3.8) is 0 Å². The monoisotopic (exact) mass is 2300 g/mol. The number of ketones is 3. The molecule has 0 spiro atoms. The van der Waals surface area contributed by atoms with Gasteiger partial charge < -0.3 is 25.3 Å². The molecule has 5 heterocycles. The molecular formula is C105H100Ir4N5O6-5. The van der Waals surface area contributed by atoms with Crippen LogP contribution in [0.3, 0.4) is 0 Å². The van der Waals surface area contributed by atoms with Crippen LogP contribution in [0, 0.1) is 106 Å². The summed E-state index contributed by atoms with van der Waals surface area (Å²) in [6.07, 6.45) is 7.13.